The van der Waals surface area contributed by atoms with Gasteiger partial charge in [-0.2, -0.15) is 0 Å². The van der Waals surface area contributed by atoms with Crippen molar-refractivity contribution >= 4 is 33.4 Å². The fourth-order valence-corrected chi connectivity index (χ4v) is 2.94. The highest BCUT2D eigenvalue weighted by Crippen LogP contribution is 2.21. The van der Waals surface area contributed by atoms with E-state index in [1.807, 2.05) is 0 Å². The Hall–Kier alpha value is -0.620. The molecule has 2 N–H and O–H groups in total. The van der Waals surface area contributed by atoms with Gasteiger partial charge in [-0.05, 0) is 18.2 Å². The van der Waals surface area contributed by atoms with E-state index in [4.69, 9.17) is 11.6 Å². The maximum absolute atomic E-state index is 12.3. The van der Waals surface area contributed by atoms with Crippen molar-refractivity contribution in [1.82, 2.24) is 10.2 Å². The first-order valence-corrected chi connectivity index (χ1v) is 6.78. The Balaban J connectivity index is 2.19. The highest BCUT2D eigenvalue weighted by molar-refractivity contribution is 9.10. The molecule has 98 valence electrons. The van der Waals surface area contributed by atoms with Gasteiger partial charge >= 0.3 is 0 Å². The van der Waals surface area contributed by atoms with Crippen LogP contribution in [-0.4, -0.2) is 48.2 Å². The number of halogens is 2. The maximum Gasteiger partial charge on any atom is 0.254 e. The Morgan fingerprint density at radius 1 is 1.50 bits per heavy atom. The molecule has 18 heavy (non-hydrogen) atoms. The quantitative estimate of drug-likeness (QED) is 0.862. The van der Waals surface area contributed by atoms with Crippen molar-refractivity contribution in [3.63, 3.8) is 0 Å². The lowest BCUT2D eigenvalue weighted by atomic mass is 10.1. The van der Waals surface area contributed by atoms with Gasteiger partial charge in [0.05, 0.1) is 12.1 Å². The zero-order valence-electron chi connectivity index (χ0n) is 9.86. The van der Waals surface area contributed by atoms with Gasteiger partial charge in [0.1, 0.15) is 0 Å². The lowest BCUT2D eigenvalue weighted by molar-refractivity contribution is 0.0581. The highest BCUT2D eigenvalue weighted by atomic mass is 79.9. The molecule has 2 rings (SSSR count). The average molecular weight is 334 g/mol. The molecule has 1 fully saturated rings. The number of rotatable bonds is 2. The van der Waals surface area contributed by atoms with Gasteiger partial charge in [0.25, 0.3) is 5.91 Å². The third-order valence-corrected chi connectivity index (χ3v) is 3.75. The lowest BCUT2D eigenvalue weighted by Crippen LogP contribution is -2.44. The minimum Gasteiger partial charge on any atom is -0.390 e. The molecule has 0 bridgehead atoms. The van der Waals surface area contributed by atoms with Crippen LogP contribution in [0.2, 0.25) is 5.02 Å². The van der Waals surface area contributed by atoms with Gasteiger partial charge in [0.15, 0.2) is 0 Å². The number of aliphatic hydroxyl groups is 1. The van der Waals surface area contributed by atoms with E-state index in [0.717, 1.165) is 4.47 Å². The standard InChI is InChI=1S/C12H14BrClN2O2/c1-16(10-5-15-6-11(10)17)12(18)7-2-8(13)4-9(14)3-7/h2-4,10-11,15,17H,5-6H2,1H3/t10-,11-/m0/s1. The third-order valence-electron chi connectivity index (χ3n) is 3.08. The number of carbonyl (C=O) groups is 1. The molecule has 0 aliphatic carbocycles. The SMILES string of the molecule is CN(C(=O)c1cc(Cl)cc(Br)c1)[C@H]1CNC[C@@H]1O. The largest absolute Gasteiger partial charge is 0.390 e. The summed E-state index contributed by atoms with van der Waals surface area (Å²) in [6.45, 7) is 1.12. The van der Waals surface area contributed by atoms with Gasteiger partial charge in [0, 0.05) is 35.2 Å². The van der Waals surface area contributed by atoms with Crippen molar-refractivity contribution in [2.24, 2.45) is 0 Å². The molecule has 0 radical (unpaired) electrons. The van der Waals surface area contributed by atoms with Crippen LogP contribution in [0.15, 0.2) is 22.7 Å². The molecule has 1 aliphatic heterocycles. The van der Waals surface area contributed by atoms with E-state index in [2.05, 4.69) is 21.2 Å². The number of β-amino-alcohol motifs (C(OH)–C–C–N with tert-alkyl or cyclic N) is 1. The summed E-state index contributed by atoms with van der Waals surface area (Å²) in [5.41, 5.74) is 0.510. The zero-order chi connectivity index (χ0) is 13.3. The van der Waals surface area contributed by atoms with E-state index in [0.29, 0.717) is 23.7 Å². The minimum atomic E-state index is -0.526. The Bertz CT molecular complexity index is 449. The van der Waals surface area contributed by atoms with Crippen molar-refractivity contribution in [3.05, 3.63) is 33.3 Å². The smallest absolute Gasteiger partial charge is 0.254 e. The normalized spacial score (nSPS) is 23.1. The third kappa shape index (κ3) is 2.85. The zero-order valence-corrected chi connectivity index (χ0v) is 12.2. The summed E-state index contributed by atoms with van der Waals surface area (Å²) in [6.07, 6.45) is -0.526. The number of aliphatic hydroxyl groups excluding tert-OH is 1. The number of amides is 1. The molecule has 1 aromatic carbocycles. The van der Waals surface area contributed by atoms with E-state index < -0.39 is 6.10 Å². The first-order valence-electron chi connectivity index (χ1n) is 5.61. The topological polar surface area (TPSA) is 52.6 Å². The summed E-state index contributed by atoms with van der Waals surface area (Å²) in [4.78, 5) is 13.8. The van der Waals surface area contributed by atoms with E-state index in [1.165, 1.54) is 0 Å². The summed E-state index contributed by atoms with van der Waals surface area (Å²) in [7, 11) is 1.69. The van der Waals surface area contributed by atoms with E-state index >= 15 is 0 Å². The fourth-order valence-electron chi connectivity index (χ4n) is 2.08. The molecule has 0 aromatic heterocycles. The Kier molecular flexibility index (Phi) is 4.27. The van der Waals surface area contributed by atoms with E-state index in [1.54, 1.807) is 30.1 Å². The number of carbonyl (C=O) groups excluding carboxylic acids is 1. The molecule has 1 aromatic rings. The summed E-state index contributed by atoms with van der Waals surface area (Å²) >= 11 is 9.23. The van der Waals surface area contributed by atoms with E-state index in [9.17, 15) is 9.90 Å². The number of hydrogen-bond acceptors (Lipinski definition) is 3. The Labute approximate surface area is 119 Å². The number of nitrogens with one attached hydrogen (secondary N) is 1. The van der Waals surface area contributed by atoms with Crippen LogP contribution in [0.5, 0.6) is 0 Å². The molecule has 1 amide bonds. The highest BCUT2D eigenvalue weighted by Gasteiger charge is 2.31. The second-order valence-corrected chi connectivity index (χ2v) is 5.72. The van der Waals surface area contributed by atoms with Gasteiger partial charge in [-0.25, -0.2) is 0 Å². The molecular weight excluding hydrogens is 320 g/mol. The Morgan fingerprint density at radius 3 is 2.78 bits per heavy atom. The first kappa shape index (κ1) is 13.8. The van der Waals surface area contributed by atoms with Crippen LogP contribution in [0.1, 0.15) is 10.4 Å². The minimum absolute atomic E-state index is 0.147. The lowest BCUT2D eigenvalue weighted by Gasteiger charge is -2.26. The fraction of sp³-hybridized carbons (Fsp3) is 0.417. The molecule has 1 saturated heterocycles. The van der Waals surface area contributed by atoms with Crippen LogP contribution in [0.4, 0.5) is 0 Å². The monoisotopic (exact) mass is 332 g/mol. The molecule has 0 spiro atoms. The van der Waals surface area contributed by atoms with Gasteiger partial charge in [-0.3, -0.25) is 4.79 Å². The van der Waals surface area contributed by atoms with Crippen LogP contribution >= 0.6 is 27.5 Å². The number of hydrogen-bond donors (Lipinski definition) is 2. The summed E-state index contributed by atoms with van der Waals surface area (Å²) < 4.78 is 0.761. The van der Waals surface area contributed by atoms with Crippen LogP contribution in [0, 0.1) is 0 Å². The van der Waals surface area contributed by atoms with Crippen LogP contribution in [0.25, 0.3) is 0 Å². The van der Waals surface area contributed by atoms with Crippen LogP contribution < -0.4 is 5.32 Å². The molecule has 0 unspecified atom stereocenters. The molecule has 4 nitrogen and oxygen atoms in total. The Morgan fingerprint density at radius 2 is 2.22 bits per heavy atom. The number of benzene rings is 1. The predicted molar refractivity (Wildman–Crippen MR) is 73.9 cm³/mol. The van der Waals surface area contributed by atoms with Crippen LogP contribution in [-0.2, 0) is 0 Å². The van der Waals surface area contributed by atoms with Gasteiger partial charge in [-0.15, -0.1) is 0 Å². The molecule has 2 atom stereocenters. The van der Waals surface area contributed by atoms with Crippen molar-refractivity contribution < 1.29 is 9.90 Å². The van der Waals surface area contributed by atoms with Crippen molar-refractivity contribution in [3.8, 4) is 0 Å². The predicted octanol–water partition coefficient (Wildman–Crippen LogP) is 1.51. The van der Waals surface area contributed by atoms with Gasteiger partial charge < -0.3 is 15.3 Å². The maximum atomic E-state index is 12.3. The molecule has 1 heterocycles. The van der Waals surface area contributed by atoms with E-state index in [-0.39, 0.29) is 11.9 Å². The van der Waals surface area contributed by atoms with Crippen molar-refractivity contribution in [2.75, 3.05) is 20.1 Å². The summed E-state index contributed by atoms with van der Waals surface area (Å²) in [6, 6.07) is 4.87. The molecular formula is C12H14BrClN2O2. The average Bonchev–Trinajstić information content (AvgIpc) is 2.72. The number of likely N-dealkylation sites (N-methyl/N-ethyl adjacent to an activating group) is 1. The van der Waals surface area contributed by atoms with Gasteiger partial charge in [-0.1, -0.05) is 27.5 Å². The summed E-state index contributed by atoms with van der Waals surface area (Å²) in [5.74, 6) is -0.147. The van der Waals surface area contributed by atoms with Crippen molar-refractivity contribution in [1.29, 1.82) is 0 Å². The van der Waals surface area contributed by atoms with Gasteiger partial charge in [0.2, 0.25) is 0 Å². The number of nitrogens with zero attached hydrogens (tertiary/aromatic N) is 1. The summed E-state index contributed by atoms with van der Waals surface area (Å²) in [5, 5.41) is 13.3. The molecule has 0 saturated carbocycles. The molecule has 1 aliphatic rings. The van der Waals surface area contributed by atoms with Crippen molar-refractivity contribution in [2.45, 2.75) is 12.1 Å². The molecule has 6 heteroatoms. The second kappa shape index (κ2) is 5.57. The first-order chi connectivity index (χ1) is 8.49. The second-order valence-electron chi connectivity index (χ2n) is 4.37. The van der Waals surface area contributed by atoms with Crippen LogP contribution in [0.3, 0.4) is 0 Å².